The Bertz CT molecular complexity index is 570. The lowest BCUT2D eigenvalue weighted by atomic mass is 10.2. The fourth-order valence-corrected chi connectivity index (χ4v) is 2.80. The Morgan fingerprint density at radius 2 is 2.28 bits per heavy atom. The molecule has 0 unspecified atom stereocenters. The molecule has 0 fully saturated rings. The second-order valence-electron chi connectivity index (χ2n) is 3.70. The van der Waals surface area contributed by atoms with E-state index in [0.29, 0.717) is 12.2 Å². The highest BCUT2D eigenvalue weighted by molar-refractivity contribution is 9.11. The van der Waals surface area contributed by atoms with E-state index in [0.717, 1.165) is 14.4 Å². The molecule has 2 aromatic rings. The first kappa shape index (κ1) is 13.2. The monoisotopic (exact) mass is 325 g/mol. The number of halogens is 1. The molecule has 2 aromatic heterocycles. The van der Waals surface area contributed by atoms with Gasteiger partial charge in [-0.25, -0.2) is 0 Å². The zero-order valence-electron chi connectivity index (χ0n) is 9.76. The van der Waals surface area contributed by atoms with Crippen molar-refractivity contribution in [3.8, 4) is 0 Å². The van der Waals surface area contributed by atoms with Gasteiger partial charge in [0.1, 0.15) is 5.69 Å². The van der Waals surface area contributed by atoms with E-state index in [1.54, 1.807) is 30.3 Å². The molecular weight excluding hydrogens is 314 g/mol. The second kappa shape index (κ2) is 5.60. The minimum Gasteiger partial charge on any atom is -0.326 e. The van der Waals surface area contributed by atoms with Gasteiger partial charge in [0.05, 0.1) is 8.79 Å². The van der Waals surface area contributed by atoms with E-state index in [1.807, 2.05) is 12.1 Å². The van der Waals surface area contributed by atoms with Crippen LogP contribution in [-0.2, 0) is 6.54 Å². The molecule has 0 spiro atoms. The third-order valence-electron chi connectivity index (χ3n) is 2.47. The van der Waals surface area contributed by atoms with Crippen molar-refractivity contribution in [2.75, 3.05) is 11.9 Å². The molecule has 0 aliphatic carbocycles. The van der Waals surface area contributed by atoms with Crippen LogP contribution in [0.25, 0.3) is 0 Å². The van der Waals surface area contributed by atoms with Crippen LogP contribution in [-0.4, -0.2) is 17.9 Å². The molecule has 0 atom stereocenters. The summed E-state index contributed by atoms with van der Waals surface area (Å²) in [6.45, 7) is 0.400. The fraction of sp³-hybridized carbons (Fsp3) is 0.167. The zero-order chi connectivity index (χ0) is 13.1. The molecule has 2 heterocycles. The summed E-state index contributed by atoms with van der Waals surface area (Å²) in [6.07, 6.45) is 1.60. The normalized spacial score (nSPS) is 10.4. The van der Waals surface area contributed by atoms with Crippen LogP contribution in [0.2, 0.25) is 0 Å². The molecule has 2 rings (SSSR count). The number of thiophene rings is 1. The van der Waals surface area contributed by atoms with Gasteiger partial charge in [-0.2, -0.15) is 0 Å². The quantitative estimate of drug-likeness (QED) is 0.943. The van der Waals surface area contributed by atoms with Crippen LogP contribution >= 0.6 is 27.3 Å². The molecule has 1 amide bonds. The number of nitrogens with zero attached hydrogens (tertiary/aromatic N) is 2. The number of aromatic nitrogens is 1. The van der Waals surface area contributed by atoms with Gasteiger partial charge in [0.2, 0.25) is 0 Å². The lowest BCUT2D eigenvalue weighted by molar-refractivity contribution is 0.0989. The summed E-state index contributed by atoms with van der Waals surface area (Å²) in [6, 6.07) is 7.33. The zero-order valence-corrected chi connectivity index (χ0v) is 12.2. The summed E-state index contributed by atoms with van der Waals surface area (Å²) in [5.41, 5.74) is 6.86. The number of hydrogen-bond donors (Lipinski definition) is 1. The highest BCUT2D eigenvalue weighted by Gasteiger charge is 2.16. The van der Waals surface area contributed by atoms with Crippen LogP contribution in [0, 0.1) is 0 Å². The number of rotatable bonds is 3. The maximum absolute atomic E-state index is 12.2. The standard InChI is InChI=1S/C12H12BrN3OS/c1-16(11-3-2-10(13)18-11)12(17)9-6-8(7-14)4-5-15-9/h2-6H,7,14H2,1H3. The van der Waals surface area contributed by atoms with Gasteiger partial charge in [-0.15, -0.1) is 11.3 Å². The predicted octanol–water partition coefficient (Wildman–Crippen LogP) is 2.64. The Hall–Kier alpha value is -1.24. The van der Waals surface area contributed by atoms with Crippen LogP contribution in [0.3, 0.4) is 0 Å². The number of hydrogen-bond acceptors (Lipinski definition) is 4. The number of nitrogens with two attached hydrogens (primary N) is 1. The predicted molar refractivity (Wildman–Crippen MR) is 76.9 cm³/mol. The highest BCUT2D eigenvalue weighted by atomic mass is 79.9. The van der Waals surface area contributed by atoms with Gasteiger partial charge in [0.15, 0.2) is 0 Å². The minimum atomic E-state index is -0.139. The molecule has 0 aliphatic rings. The van der Waals surface area contributed by atoms with Crippen LogP contribution in [0.5, 0.6) is 0 Å². The Labute approximate surface area is 118 Å². The molecule has 0 aliphatic heterocycles. The van der Waals surface area contributed by atoms with Crippen molar-refractivity contribution in [1.82, 2.24) is 4.98 Å². The summed E-state index contributed by atoms with van der Waals surface area (Å²) in [5, 5.41) is 0.867. The van der Waals surface area contributed by atoms with Crippen molar-refractivity contribution in [2.24, 2.45) is 5.73 Å². The maximum Gasteiger partial charge on any atom is 0.277 e. The van der Waals surface area contributed by atoms with Gasteiger partial charge in [-0.05, 0) is 45.8 Å². The van der Waals surface area contributed by atoms with Crippen molar-refractivity contribution >= 4 is 38.2 Å². The topological polar surface area (TPSA) is 59.2 Å². The number of carbonyl (C=O) groups excluding carboxylic acids is 1. The molecule has 2 N–H and O–H groups in total. The number of carbonyl (C=O) groups is 1. The fourth-order valence-electron chi connectivity index (χ4n) is 1.48. The van der Waals surface area contributed by atoms with Gasteiger partial charge in [-0.1, -0.05) is 0 Å². The Morgan fingerprint density at radius 3 is 2.89 bits per heavy atom. The average Bonchev–Trinajstić information content (AvgIpc) is 2.83. The number of pyridine rings is 1. The van der Waals surface area contributed by atoms with Gasteiger partial charge in [0, 0.05) is 19.8 Å². The average molecular weight is 326 g/mol. The Kier molecular flexibility index (Phi) is 4.11. The van der Waals surface area contributed by atoms with Crippen molar-refractivity contribution in [1.29, 1.82) is 0 Å². The van der Waals surface area contributed by atoms with E-state index in [9.17, 15) is 4.79 Å². The molecule has 0 bridgehead atoms. The van der Waals surface area contributed by atoms with E-state index in [2.05, 4.69) is 20.9 Å². The second-order valence-corrected chi connectivity index (χ2v) is 6.14. The molecule has 0 aromatic carbocycles. The minimum absolute atomic E-state index is 0.139. The van der Waals surface area contributed by atoms with Crippen LogP contribution < -0.4 is 10.6 Å². The van der Waals surface area contributed by atoms with E-state index >= 15 is 0 Å². The smallest absolute Gasteiger partial charge is 0.277 e. The summed E-state index contributed by atoms with van der Waals surface area (Å²) >= 11 is 4.88. The van der Waals surface area contributed by atoms with E-state index in [4.69, 9.17) is 5.73 Å². The van der Waals surface area contributed by atoms with Gasteiger partial charge >= 0.3 is 0 Å². The van der Waals surface area contributed by atoms with E-state index in [-0.39, 0.29) is 5.91 Å². The molecule has 18 heavy (non-hydrogen) atoms. The molecule has 94 valence electrons. The summed E-state index contributed by atoms with van der Waals surface area (Å²) in [4.78, 5) is 17.9. The molecule has 0 saturated carbocycles. The summed E-state index contributed by atoms with van der Waals surface area (Å²) in [5.74, 6) is -0.139. The lowest BCUT2D eigenvalue weighted by Crippen LogP contribution is -2.26. The van der Waals surface area contributed by atoms with Crippen LogP contribution in [0.15, 0.2) is 34.2 Å². The van der Waals surface area contributed by atoms with Gasteiger partial charge < -0.3 is 10.6 Å². The number of anilines is 1. The molecule has 0 radical (unpaired) electrons. The first-order valence-corrected chi connectivity index (χ1v) is 6.91. The number of amides is 1. The highest BCUT2D eigenvalue weighted by Crippen LogP contribution is 2.29. The SMILES string of the molecule is CN(C(=O)c1cc(CN)ccn1)c1ccc(Br)s1. The van der Waals surface area contributed by atoms with Gasteiger partial charge in [0.25, 0.3) is 5.91 Å². The van der Waals surface area contributed by atoms with Gasteiger partial charge in [-0.3, -0.25) is 9.78 Å². The first-order chi connectivity index (χ1) is 8.61. The first-order valence-electron chi connectivity index (χ1n) is 5.30. The Morgan fingerprint density at radius 1 is 1.50 bits per heavy atom. The van der Waals surface area contributed by atoms with Crippen molar-refractivity contribution in [3.05, 3.63) is 45.5 Å². The summed E-state index contributed by atoms with van der Waals surface area (Å²) < 4.78 is 0.987. The molecular formula is C12H12BrN3OS. The maximum atomic E-state index is 12.2. The third-order valence-corrected chi connectivity index (χ3v) is 4.17. The third kappa shape index (κ3) is 2.77. The molecule has 0 saturated heterocycles. The van der Waals surface area contributed by atoms with E-state index in [1.165, 1.54) is 11.3 Å². The van der Waals surface area contributed by atoms with Crippen LogP contribution in [0.4, 0.5) is 5.00 Å². The molecule has 4 nitrogen and oxygen atoms in total. The Balaban J connectivity index is 2.25. The van der Waals surface area contributed by atoms with E-state index < -0.39 is 0 Å². The van der Waals surface area contributed by atoms with Crippen molar-refractivity contribution < 1.29 is 4.79 Å². The summed E-state index contributed by atoms with van der Waals surface area (Å²) in [7, 11) is 1.73. The lowest BCUT2D eigenvalue weighted by Gasteiger charge is -2.14. The largest absolute Gasteiger partial charge is 0.326 e. The molecule has 6 heteroatoms. The van der Waals surface area contributed by atoms with Crippen molar-refractivity contribution in [2.45, 2.75) is 6.54 Å². The van der Waals surface area contributed by atoms with Crippen molar-refractivity contribution in [3.63, 3.8) is 0 Å². The van der Waals surface area contributed by atoms with Crippen LogP contribution in [0.1, 0.15) is 16.1 Å².